The van der Waals surface area contributed by atoms with E-state index in [4.69, 9.17) is 14.6 Å². The molecule has 1 aromatic heterocycles. The SMILES string of the molecule is CCOC(=O)/C(=N/OCCNC(c1ccccc1)(c1ccccc1)c1ccccc1)c1csc(NC(c2ccccc2)(c2ccccc2)c2ccccc2)n1. The van der Waals surface area contributed by atoms with Gasteiger partial charge < -0.3 is 14.9 Å². The smallest absolute Gasteiger partial charge is 0.362 e. The Bertz CT molecular complexity index is 2080. The number of oxime groups is 1. The molecule has 0 aliphatic heterocycles. The first-order chi connectivity index (χ1) is 27.1. The molecule has 0 saturated heterocycles. The van der Waals surface area contributed by atoms with Crippen molar-refractivity contribution >= 4 is 28.1 Å². The fourth-order valence-electron chi connectivity index (χ4n) is 7.03. The normalized spacial score (nSPS) is 11.8. The Kier molecular flexibility index (Phi) is 11.9. The van der Waals surface area contributed by atoms with E-state index < -0.39 is 17.0 Å². The quantitative estimate of drug-likeness (QED) is 0.0338. The van der Waals surface area contributed by atoms with Crippen LogP contribution in [0, 0.1) is 0 Å². The number of hydrogen-bond acceptors (Lipinski definition) is 8. The average molecular weight is 743 g/mol. The van der Waals surface area contributed by atoms with Gasteiger partial charge in [0.25, 0.3) is 0 Å². The Labute approximate surface area is 326 Å². The number of carbonyl (C=O) groups is 1. The van der Waals surface area contributed by atoms with E-state index in [1.165, 1.54) is 11.3 Å². The molecule has 2 N–H and O–H groups in total. The van der Waals surface area contributed by atoms with Gasteiger partial charge in [-0.25, -0.2) is 9.78 Å². The molecule has 0 unspecified atom stereocenters. The molecule has 0 fully saturated rings. The number of hydrogen-bond donors (Lipinski definition) is 2. The Morgan fingerprint density at radius 1 is 0.600 bits per heavy atom. The lowest BCUT2D eigenvalue weighted by molar-refractivity contribution is -0.135. The van der Waals surface area contributed by atoms with Crippen molar-refractivity contribution in [2.45, 2.75) is 18.0 Å². The standard InChI is InChI=1S/C47H42N4O3S/c1-2-53-44(52)43(51-54-34-33-48-46(36-21-9-3-10-22-36,37-23-11-4-12-24-37)38-25-13-5-14-26-38)42-35-55-45(49-42)50-47(39-27-15-6-16-28-39,40-29-17-7-18-30-40)41-31-19-8-20-32-41/h3-32,35,48H,2,33-34H2,1H3,(H,49,50)/b51-43+. The maximum atomic E-state index is 13.4. The van der Waals surface area contributed by atoms with E-state index in [0.717, 1.165) is 33.4 Å². The van der Waals surface area contributed by atoms with Crippen molar-refractivity contribution in [3.8, 4) is 0 Å². The molecule has 0 spiro atoms. The second kappa shape index (κ2) is 17.6. The van der Waals surface area contributed by atoms with Gasteiger partial charge in [-0.15, -0.1) is 11.3 Å². The number of nitrogens with one attached hydrogen (secondary N) is 2. The van der Waals surface area contributed by atoms with Crippen molar-refractivity contribution in [3.63, 3.8) is 0 Å². The fourth-order valence-corrected chi connectivity index (χ4v) is 7.79. The van der Waals surface area contributed by atoms with Crippen LogP contribution in [-0.4, -0.2) is 36.4 Å². The minimum absolute atomic E-state index is 0.00340. The molecule has 6 aromatic carbocycles. The highest BCUT2D eigenvalue weighted by Gasteiger charge is 2.38. The molecule has 0 radical (unpaired) electrons. The number of ether oxygens (including phenoxy) is 1. The number of thiazole rings is 1. The van der Waals surface area contributed by atoms with E-state index in [9.17, 15) is 4.79 Å². The topological polar surface area (TPSA) is 84.8 Å². The summed E-state index contributed by atoms with van der Waals surface area (Å²) in [5.74, 6) is -0.611. The second-order valence-corrected chi connectivity index (χ2v) is 13.6. The molecular weight excluding hydrogens is 701 g/mol. The maximum Gasteiger partial charge on any atom is 0.362 e. The summed E-state index contributed by atoms with van der Waals surface area (Å²) < 4.78 is 5.44. The van der Waals surface area contributed by atoms with E-state index in [0.29, 0.717) is 17.4 Å². The van der Waals surface area contributed by atoms with Crippen LogP contribution < -0.4 is 10.6 Å². The highest BCUT2D eigenvalue weighted by atomic mass is 32.1. The summed E-state index contributed by atoms with van der Waals surface area (Å²) in [6.45, 7) is 2.53. The first-order valence-electron chi connectivity index (χ1n) is 18.3. The molecule has 0 aliphatic rings. The molecule has 0 saturated carbocycles. The number of esters is 1. The zero-order chi connectivity index (χ0) is 37.8. The van der Waals surface area contributed by atoms with Crippen LogP contribution >= 0.6 is 11.3 Å². The molecule has 0 atom stereocenters. The lowest BCUT2D eigenvalue weighted by Crippen LogP contribution is -2.46. The van der Waals surface area contributed by atoms with Crippen LogP contribution in [0.5, 0.6) is 0 Å². The van der Waals surface area contributed by atoms with Crippen molar-refractivity contribution in [3.05, 3.63) is 226 Å². The number of rotatable bonds is 16. The summed E-state index contributed by atoms with van der Waals surface area (Å²) in [6, 6.07) is 62.0. The van der Waals surface area contributed by atoms with E-state index in [1.807, 2.05) is 109 Å². The minimum atomic E-state index is -0.787. The molecule has 0 aliphatic carbocycles. The lowest BCUT2D eigenvalue weighted by Gasteiger charge is -2.37. The molecule has 274 valence electrons. The van der Waals surface area contributed by atoms with Gasteiger partial charge in [-0.3, -0.25) is 5.32 Å². The Balaban J connectivity index is 1.18. The van der Waals surface area contributed by atoms with Gasteiger partial charge in [0.2, 0.25) is 5.71 Å². The van der Waals surface area contributed by atoms with Crippen LogP contribution in [0.3, 0.4) is 0 Å². The Hall–Kier alpha value is -6.35. The van der Waals surface area contributed by atoms with Crippen LogP contribution in [0.4, 0.5) is 5.13 Å². The third-order valence-electron chi connectivity index (χ3n) is 9.49. The summed E-state index contributed by atoms with van der Waals surface area (Å²) in [5.41, 5.74) is 5.27. The zero-order valence-corrected chi connectivity index (χ0v) is 31.4. The van der Waals surface area contributed by atoms with Crippen LogP contribution in [0.25, 0.3) is 0 Å². The largest absolute Gasteiger partial charge is 0.461 e. The highest BCUT2D eigenvalue weighted by molar-refractivity contribution is 7.14. The van der Waals surface area contributed by atoms with E-state index >= 15 is 0 Å². The summed E-state index contributed by atoms with van der Waals surface area (Å²) in [5, 5.41) is 14.3. The molecule has 7 nitrogen and oxygen atoms in total. The van der Waals surface area contributed by atoms with Crippen molar-refractivity contribution in [1.82, 2.24) is 10.3 Å². The average Bonchev–Trinajstić information content (AvgIpc) is 3.72. The van der Waals surface area contributed by atoms with Crippen LogP contribution in [0.2, 0.25) is 0 Å². The monoisotopic (exact) mass is 742 g/mol. The van der Waals surface area contributed by atoms with Crippen LogP contribution in [-0.2, 0) is 25.4 Å². The van der Waals surface area contributed by atoms with Crippen molar-refractivity contribution < 1.29 is 14.4 Å². The predicted octanol–water partition coefficient (Wildman–Crippen LogP) is 9.41. The minimum Gasteiger partial charge on any atom is -0.461 e. The third-order valence-corrected chi connectivity index (χ3v) is 10.2. The molecule has 7 aromatic rings. The van der Waals surface area contributed by atoms with Gasteiger partial charge in [-0.05, 0) is 40.3 Å². The van der Waals surface area contributed by atoms with E-state index in [1.54, 1.807) is 12.3 Å². The van der Waals surface area contributed by atoms with Crippen molar-refractivity contribution in [2.24, 2.45) is 5.16 Å². The first-order valence-corrected chi connectivity index (χ1v) is 19.2. The van der Waals surface area contributed by atoms with Gasteiger partial charge in [-0.2, -0.15) is 0 Å². The summed E-state index contributed by atoms with van der Waals surface area (Å²) in [4.78, 5) is 24.2. The molecule has 8 heteroatoms. The van der Waals surface area contributed by atoms with Gasteiger partial charge in [0.15, 0.2) is 5.13 Å². The zero-order valence-electron chi connectivity index (χ0n) is 30.5. The number of anilines is 1. The van der Waals surface area contributed by atoms with Crippen LogP contribution in [0.15, 0.2) is 193 Å². The fraction of sp³-hybridized carbons (Fsp3) is 0.128. The number of benzene rings is 6. The summed E-state index contributed by atoms with van der Waals surface area (Å²) >= 11 is 1.39. The molecule has 0 bridgehead atoms. The first kappa shape index (κ1) is 37.0. The molecule has 0 amide bonds. The Morgan fingerprint density at radius 3 is 1.36 bits per heavy atom. The number of aromatic nitrogens is 1. The molecule has 55 heavy (non-hydrogen) atoms. The van der Waals surface area contributed by atoms with Crippen molar-refractivity contribution in [1.29, 1.82) is 0 Å². The van der Waals surface area contributed by atoms with Gasteiger partial charge >= 0.3 is 5.97 Å². The molecule has 1 heterocycles. The lowest BCUT2D eigenvalue weighted by atomic mass is 9.77. The Morgan fingerprint density at radius 2 is 0.982 bits per heavy atom. The summed E-state index contributed by atoms with van der Waals surface area (Å²) in [6.07, 6.45) is 0. The van der Waals surface area contributed by atoms with Gasteiger partial charge in [-0.1, -0.05) is 187 Å². The number of carbonyl (C=O) groups excluding carboxylic acids is 1. The maximum absolute atomic E-state index is 13.4. The van der Waals surface area contributed by atoms with Gasteiger partial charge in [0, 0.05) is 11.9 Å². The van der Waals surface area contributed by atoms with Gasteiger partial charge in [0.05, 0.1) is 12.1 Å². The van der Waals surface area contributed by atoms with E-state index in [-0.39, 0.29) is 18.9 Å². The molecular formula is C47H42N4O3S. The second-order valence-electron chi connectivity index (χ2n) is 12.8. The van der Waals surface area contributed by atoms with Crippen molar-refractivity contribution in [2.75, 3.05) is 25.1 Å². The van der Waals surface area contributed by atoms with Gasteiger partial charge in [0.1, 0.15) is 17.8 Å². The summed E-state index contributed by atoms with van der Waals surface area (Å²) in [7, 11) is 0. The highest BCUT2D eigenvalue weighted by Crippen LogP contribution is 2.41. The third kappa shape index (κ3) is 7.97. The molecule has 7 rings (SSSR count). The van der Waals surface area contributed by atoms with Crippen LogP contribution in [0.1, 0.15) is 46.0 Å². The number of nitrogens with zero attached hydrogens (tertiary/aromatic N) is 2. The predicted molar refractivity (Wildman–Crippen MR) is 221 cm³/mol. The van der Waals surface area contributed by atoms with E-state index in [2.05, 4.69) is 88.6 Å².